The van der Waals surface area contributed by atoms with Crippen molar-refractivity contribution >= 4 is 56.0 Å². The largest absolute Gasteiger partial charge is 0.489 e. The number of piperidine rings is 1. The summed E-state index contributed by atoms with van der Waals surface area (Å²) >= 11 is 0.953. The number of benzene rings is 1. The lowest BCUT2D eigenvalue weighted by Gasteiger charge is -2.43. The number of hydrogen-bond acceptors (Lipinski definition) is 17. The number of β-lactam (4-membered cyclic amide) rings is 1. The first-order chi connectivity index (χ1) is 23.8. The predicted octanol–water partition coefficient (Wildman–Crippen LogP) is -1.83. The van der Waals surface area contributed by atoms with Crippen LogP contribution in [0, 0.1) is 5.92 Å². The fraction of sp³-hybridized carbons (Fsp3) is 0.444. The maximum absolute atomic E-state index is 13.5. The number of nitrogens with two attached hydrogens (primary N) is 3. The van der Waals surface area contributed by atoms with Crippen LogP contribution in [-0.4, -0.2) is 115 Å². The van der Waals surface area contributed by atoms with Crippen molar-refractivity contribution in [3.63, 3.8) is 0 Å². The Morgan fingerprint density at radius 1 is 1.20 bits per heavy atom. The number of carboxylic acids is 1. The number of ketones is 1. The first-order valence-corrected chi connectivity index (χ1v) is 17.4. The number of Topliss-reactive ketones (excluding diaryl/α,β-unsaturated/α-hetero) is 1. The summed E-state index contributed by atoms with van der Waals surface area (Å²) in [5, 5.41) is 29.6. The monoisotopic (exact) mass is 734 g/mol. The molecule has 50 heavy (non-hydrogen) atoms. The summed E-state index contributed by atoms with van der Waals surface area (Å²) in [4.78, 5) is 53.2. The van der Waals surface area contributed by atoms with Crippen LogP contribution >= 0.6 is 11.3 Å². The van der Waals surface area contributed by atoms with Gasteiger partial charge in [0.25, 0.3) is 6.10 Å². The van der Waals surface area contributed by atoms with E-state index in [9.17, 15) is 32.5 Å². The predicted molar refractivity (Wildman–Crippen MR) is 175 cm³/mol. The van der Waals surface area contributed by atoms with Crippen molar-refractivity contribution in [1.82, 2.24) is 34.8 Å². The molecular weight excluding hydrogens is 701 g/mol. The normalized spacial score (nSPS) is 19.6. The summed E-state index contributed by atoms with van der Waals surface area (Å²) in [6, 6.07) is 5.37. The van der Waals surface area contributed by atoms with Gasteiger partial charge in [0.05, 0.1) is 31.1 Å². The van der Waals surface area contributed by atoms with Gasteiger partial charge in [-0.1, -0.05) is 5.16 Å². The van der Waals surface area contributed by atoms with E-state index < -0.39 is 64.8 Å². The minimum atomic E-state index is -5.01. The summed E-state index contributed by atoms with van der Waals surface area (Å²) < 4.78 is 39.3. The van der Waals surface area contributed by atoms with Gasteiger partial charge in [0.1, 0.15) is 23.9 Å². The molecule has 2 saturated heterocycles. The molecule has 268 valence electrons. The van der Waals surface area contributed by atoms with Crippen LogP contribution in [0.5, 0.6) is 5.75 Å². The van der Waals surface area contributed by atoms with Gasteiger partial charge >= 0.3 is 16.3 Å². The zero-order valence-corrected chi connectivity index (χ0v) is 27.9. The molecule has 9 N–H and O–H groups in total. The Bertz CT molecular complexity index is 1870. The second-order valence-corrected chi connectivity index (χ2v) is 13.3. The molecular formula is C27H34N12O9S2. The number of aromatic nitrogens is 5. The molecule has 0 unspecified atom stereocenters. The van der Waals surface area contributed by atoms with Crippen molar-refractivity contribution < 1.29 is 42.0 Å². The van der Waals surface area contributed by atoms with E-state index in [4.69, 9.17) is 26.8 Å². The van der Waals surface area contributed by atoms with E-state index in [1.807, 2.05) is 0 Å². The lowest BCUT2D eigenvalue weighted by atomic mass is 9.84. The van der Waals surface area contributed by atoms with E-state index in [1.54, 1.807) is 24.3 Å². The number of amides is 1. The van der Waals surface area contributed by atoms with Gasteiger partial charge in [0.2, 0.25) is 5.91 Å². The number of tetrazole rings is 1. The molecule has 23 heteroatoms. The average Bonchev–Trinajstić information content (AvgIpc) is 3.73. The third-order valence-electron chi connectivity index (χ3n) is 7.74. The smallest absolute Gasteiger partial charge is 0.362 e. The number of ether oxygens (including phenoxy) is 1. The Hall–Kier alpha value is -5.10. The number of carbonyl (C=O) groups excluding carboxylic acids is 2. The highest BCUT2D eigenvalue weighted by atomic mass is 32.2. The minimum absolute atomic E-state index is 0.0478. The molecule has 0 aliphatic carbocycles. The van der Waals surface area contributed by atoms with Crippen LogP contribution in [0.3, 0.4) is 0 Å². The molecule has 1 amide bonds. The van der Waals surface area contributed by atoms with Crippen molar-refractivity contribution in [2.24, 2.45) is 27.5 Å². The van der Waals surface area contributed by atoms with Crippen molar-refractivity contribution in [1.29, 1.82) is 0 Å². The van der Waals surface area contributed by atoms with Crippen LogP contribution in [0.1, 0.15) is 36.3 Å². The first-order valence-electron chi connectivity index (χ1n) is 15.1. The fourth-order valence-corrected chi connectivity index (χ4v) is 6.65. The molecule has 2 aliphatic rings. The highest BCUT2D eigenvalue weighted by molar-refractivity contribution is 7.84. The number of thiazole rings is 1. The Morgan fingerprint density at radius 3 is 2.52 bits per heavy atom. The standard InChI is InChI=1S/C27H34N12O9S2/c28-10-22-34-37-38(35-22)11-19-17(25(41)39(19)50(44,45)46)9-20(40)23(18-13-49-27(30)33-18)36-48-21(26(42)43)12-47-16-3-1-14(2-4-16)24(29)32-15-5-7-31-8-6-15/h1-4,13,15,17,19,21,31H,5-12,28H2,(H2,29,32)(H2,30,33)(H,42,43)(H,44,45,46)/b36-23-/t17-,19+,21-/m0/s1. The number of nitrogens with zero attached hydrogens (tertiary/aromatic N) is 8. The van der Waals surface area contributed by atoms with Crippen LogP contribution in [-0.2, 0) is 42.6 Å². The molecule has 4 heterocycles. The first kappa shape index (κ1) is 36.2. The van der Waals surface area contributed by atoms with Crippen LogP contribution < -0.4 is 27.3 Å². The third-order valence-corrected chi connectivity index (χ3v) is 9.36. The van der Waals surface area contributed by atoms with E-state index in [0.717, 1.165) is 42.1 Å². The molecule has 0 spiro atoms. The number of amidine groups is 1. The molecule has 3 aromatic rings. The van der Waals surface area contributed by atoms with Crippen LogP contribution in [0.25, 0.3) is 0 Å². The summed E-state index contributed by atoms with van der Waals surface area (Å²) in [5.41, 5.74) is 17.5. The molecule has 0 bridgehead atoms. The Balaban J connectivity index is 1.28. The van der Waals surface area contributed by atoms with Crippen LogP contribution in [0.2, 0.25) is 0 Å². The molecule has 0 saturated carbocycles. The second kappa shape index (κ2) is 15.6. The SMILES string of the molecule is NCc1nnn(C[C@@H]2[C@H](CC(=O)/C(=N\O[C@@H](COc3ccc(C(N)=NC4CCNCC4)cc3)C(=O)O)c3csc(N)n3)C(=O)N2S(=O)(=O)O)n1. The van der Waals surface area contributed by atoms with Gasteiger partial charge in [0.15, 0.2) is 22.5 Å². The topological polar surface area (TPSA) is 319 Å². The zero-order valence-electron chi connectivity index (χ0n) is 26.2. The number of nitrogens with one attached hydrogen (secondary N) is 1. The van der Waals surface area contributed by atoms with Gasteiger partial charge in [-0.05, 0) is 55.4 Å². The number of nitrogen functional groups attached to an aromatic ring is 1. The number of carboxylic acid groups (broad SMARTS) is 1. The van der Waals surface area contributed by atoms with Crippen LogP contribution in [0.15, 0.2) is 39.8 Å². The summed E-state index contributed by atoms with van der Waals surface area (Å²) in [6.45, 7) is 0.782. The number of hydrogen-bond donors (Lipinski definition) is 6. The second-order valence-electron chi connectivity index (χ2n) is 11.2. The van der Waals surface area contributed by atoms with Crippen LogP contribution in [0.4, 0.5) is 5.13 Å². The van der Waals surface area contributed by atoms with E-state index in [-0.39, 0.29) is 40.1 Å². The van der Waals surface area contributed by atoms with Gasteiger partial charge in [-0.15, -0.1) is 21.5 Å². The van der Waals surface area contributed by atoms with Gasteiger partial charge in [0, 0.05) is 17.4 Å². The van der Waals surface area contributed by atoms with Gasteiger partial charge in [-0.2, -0.15) is 13.2 Å². The van der Waals surface area contributed by atoms with E-state index in [2.05, 4.69) is 35.9 Å². The summed E-state index contributed by atoms with van der Waals surface area (Å²) in [6.07, 6.45) is -0.580. The van der Waals surface area contributed by atoms with Crippen molar-refractivity contribution in [2.45, 2.75) is 50.5 Å². The number of aliphatic imine (C=N–C) groups is 1. The highest BCUT2D eigenvalue weighted by Gasteiger charge is 2.54. The zero-order chi connectivity index (χ0) is 36.0. The number of rotatable bonds is 16. The lowest BCUT2D eigenvalue weighted by molar-refractivity contribution is -0.152. The molecule has 3 atom stereocenters. The molecule has 1 aromatic carbocycles. The van der Waals surface area contributed by atoms with Gasteiger partial charge in [-0.25, -0.2) is 14.1 Å². The van der Waals surface area contributed by atoms with E-state index >= 15 is 0 Å². The molecule has 0 radical (unpaired) electrons. The molecule has 2 fully saturated rings. The molecule has 21 nitrogen and oxygen atoms in total. The Morgan fingerprint density at radius 2 is 1.92 bits per heavy atom. The number of aliphatic carboxylic acids is 1. The maximum atomic E-state index is 13.5. The highest BCUT2D eigenvalue weighted by Crippen LogP contribution is 2.33. The summed E-state index contributed by atoms with van der Waals surface area (Å²) in [7, 11) is -5.01. The summed E-state index contributed by atoms with van der Waals surface area (Å²) in [5.74, 6) is -3.91. The maximum Gasteiger partial charge on any atom is 0.362 e. The third kappa shape index (κ3) is 8.73. The van der Waals surface area contributed by atoms with Crippen molar-refractivity contribution in [3.05, 3.63) is 46.7 Å². The average molecular weight is 735 g/mol. The molecule has 2 aliphatic heterocycles. The molecule has 2 aromatic heterocycles. The van der Waals surface area contributed by atoms with E-state index in [1.165, 1.54) is 5.38 Å². The van der Waals surface area contributed by atoms with E-state index in [0.29, 0.717) is 17.1 Å². The van der Waals surface area contributed by atoms with Crippen molar-refractivity contribution in [3.8, 4) is 5.75 Å². The fourth-order valence-electron chi connectivity index (χ4n) is 5.18. The number of carbonyl (C=O) groups is 3. The Kier molecular flexibility index (Phi) is 11.3. The van der Waals surface area contributed by atoms with Gasteiger partial charge in [-0.3, -0.25) is 19.1 Å². The Labute approximate surface area is 288 Å². The van der Waals surface area contributed by atoms with Crippen molar-refractivity contribution in [2.75, 3.05) is 25.4 Å². The lowest BCUT2D eigenvalue weighted by Crippen LogP contribution is -2.64. The number of anilines is 1. The minimum Gasteiger partial charge on any atom is -0.489 e. The number of oxime groups is 1. The molecule has 5 rings (SSSR count). The van der Waals surface area contributed by atoms with Gasteiger partial charge < -0.3 is 37.2 Å². The quantitative estimate of drug-likeness (QED) is 0.0310.